The second-order valence-electron chi connectivity index (χ2n) is 9.23. The number of amides is 1. The zero-order chi connectivity index (χ0) is 26.0. The molecule has 35 heavy (non-hydrogen) atoms. The zero-order valence-electron chi connectivity index (χ0n) is 19.1. The molecule has 0 aromatic rings. The number of aliphatic hydroxyl groups is 4. The van der Waals surface area contributed by atoms with Crippen LogP contribution in [0.15, 0.2) is 0 Å². The molecular formula is C19H38N6O10. The maximum absolute atomic E-state index is 11.1. The molecule has 14 atom stereocenters. The van der Waals surface area contributed by atoms with E-state index in [-0.39, 0.29) is 19.4 Å². The largest absolute Gasteiger partial charge is 0.447 e. The fraction of sp³-hybridized carbons (Fsp3) is 0.947. The van der Waals surface area contributed by atoms with Crippen LogP contribution in [-0.2, 0) is 23.7 Å². The highest BCUT2D eigenvalue weighted by atomic mass is 16.7. The summed E-state index contributed by atoms with van der Waals surface area (Å²) in [5, 5.41) is 41.8. The van der Waals surface area contributed by atoms with Crippen LogP contribution in [0.5, 0.6) is 0 Å². The topological polar surface area (TPSA) is 300 Å². The molecule has 0 aromatic heterocycles. The number of ether oxygens (including phenoxy) is 5. The molecule has 0 spiro atoms. The highest BCUT2D eigenvalue weighted by Crippen LogP contribution is 2.30. The Morgan fingerprint density at radius 1 is 0.800 bits per heavy atom. The number of rotatable bonds is 7. The smallest absolute Gasteiger partial charge is 0.404 e. The van der Waals surface area contributed by atoms with Crippen LogP contribution < -0.4 is 34.4 Å². The average molecular weight is 511 g/mol. The van der Waals surface area contributed by atoms with Gasteiger partial charge in [0.05, 0.1) is 24.3 Å². The van der Waals surface area contributed by atoms with Crippen LogP contribution in [0.4, 0.5) is 4.79 Å². The van der Waals surface area contributed by atoms with E-state index in [0.717, 1.165) is 0 Å². The summed E-state index contributed by atoms with van der Waals surface area (Å²) in [7, 11) is 0. The van der Waals surface area contributed by atoms with Gasteiger partial charge in [-0.3, -0.25) is 0 Å². The highest BCUT2D eigenvalue weighted by molar-refractivity contribution is 5.64. The fourth-order valence-electron chi connectivity index (χ4n) is 4.58. The van der Waals surface area contributed by atoms with Crippen molar-refractivity contribution >= 4 is 6.09 Å². The van der Waals surface area contributed by atoms with E-state index in [4.69, 9.17) is 53.3 Å². The van der Waals surface area contributed by atoms with Crippen LogP contribution in [-0.4, -0.2) is 125 Å². The molecular weight excluding hydrogens is 472 g/mol. The van der Waals surface area contributed by atoms with Crippen molar-refractivity contribution in [1.29, 1.82) is 0 Å². The minimum absolute atomic E-state index is 0.0350. The van der Waals surface area contributed by atoms with Gasteiger partial charge in [0.1, 0.15) is 43.2 Å². The molecule has 3 aliphatic rings. The number of hydrogen-bond acceptors (Lipinski definition) is 15. The SMILES string of the molecule is NC[C@H]1O[C@H](OC2C(N)CC(N)C(OC3O[C@H](COC(N)=O)[C@@H](O)[C@H](N)[C@H]3O)C2O)[C@H](N)C[C@@H]1O. The quantitative estimate of drug-likeness (QED) is 0.152. The molecule has 16 nitrogen and oxygen atoms in total. The maximum Gasteiger partial charge on any atom is 0.404 e. The average Bonchev–Trinajstić information content (AvgIpc) is 2.79. The number of nitrogens with two attached hydrogens (primary N) is 6. The first-order valence-corrected chi connectivity index (χ1v) is 11.4. The van der Waals surface area contributed by atoms with Crippen molar-refractivity contribution in [2.24, 2.45) is 34.4 Å². The van der Waals surface area contributed by atoms with Gasteiger partial charge in [-0.05, 0) is 12.8 Å². The third-order valence-corrected chi connectivity index (χ3v) is 6.62. The van der Waals surface area contributed by atoms with E-state index in [0.29, 0.717) is 0 Å². The summed E-state index contributed by atoms with van der Waals surface area (Å²) in [5.41, 5.74) is 34.9. The van der Waals surface area contributed by atoms with Gasteiger partial charge in [0.2, 0.25) is 0 Å². The Kier molecular flexibility index (Phi) is 9.60. The Morgan fingerprint density at radius 2 is 1.37 bits per heavy atom. The first kappa shape index (κ1) is 28.3. The monoisotopic (exact) mass is 510 g/mol. The molecule has 1 amide bonds. The Labute approximate surface area is 201 Å². The minimum atomic E-state index is -1.51. The van der Waals surface area contributed by atoms with Crippen LogP contribution >= 0.6 is 0 Å². The summed E-state index contributed by atoms with van der Waals surface area (Å²) >= 11 is 0. The molecule has 0 aromatic carbocycles. The van der Waals surface area contributed by atoms with Gasteiger partial charge in [-0.1, -0.05) is 0 Å². The van der Waals surface area contributed by atoms with Crippen LogP contribution in [0, 0.1) is 0 Å². The highest BCUT2D eigenvalue weighted by Gasteiger charge is 2.50. The standard InChI is InChI=1S/C19H38N6O10/c20-3-9-8(26)2-7(23)17(32-9)34-15-5(21)1-6(22)16(14(15)29)35-18-13(28)11(24)12(27)10(33-18)4-31-19(25)30/h5-18,26-29H,1-4,20-24H2,(H2,25,30)/t5?,6?,7-,8+,9-,10-,11+,12-,13-,14?,15?,16?,17-,18?/m1/s1. The number of aliphatic hydroxyl groups excluding tert-OH is 4. The van der Waals surface area contributed by atoms with Gasteiger partial charge in [-0.25, -0.2) is 4.79 Å². The van der Waals surface area contributed by atoms with Crippen molar-refractivity contribution < 1.29 is 48.9 Å². The second-order valence-corrected chi connectivity index (χ2v) is 9.23. The lowest BCUT2D eigenvalue weighted by molar-refractivity contribution is -0.314. The van der Waals surface area contributed by atoms with Crippen molar-refractivity contribution in [3.63, 3.8) is 0 Å². The first-order chi connectivity index (χ1) is 16.4. The molecule has 204 valence electrons. The molecule has 1 saturated carbocycles. The third-order valence-electron chi connectivity index (χ3n) is 6.62. The van der Waals surface area contributed by atoms with Crippen molar-refractivity contribution in [2.45, 2.75) is 98.4 Å². The van der Waals surface area contributed by atoms with E-state index in [1.54, 1.807) is 0 Å². The van der Waals surface area contributed by atoms with Crippen LogP contribution in [0.25, 0.3) is 0 Å². The molecule has 2 saturated heterocycles. The van der Waals surface area contributed by atoms with E-state index in [9.17, 15) is 25.2 Å². The number of hydrogen-bond donors (Lipinski definition) is 10. The van der Waals surface area contributed by atoms with Crippen molar-refractivity contribution in [1.82, 2.24) is 0 Å². The van der Waals surface area contributed by atoms with Crippen molar-refractivity contribution in [2.75, 3.05) is 13.2 Å². The Balaban J connectivity index is 1.70. The van der Waals surface area contributed by atoms with Gasteiger partial charge in [0.15, 0.2) is 12.6 Å². The van der Waals surface area contributed by atoms with E-state index >= 15 is 0 Å². The van der Waals surface area contributed by atoms with Crippen molar-refractivity contribution in [3.05, 3.63) is 0 Å². The summed E-state index contributed by atoms with van der Waals surface area (Å²) in [6, 6.07) is -3.46. The van der Waals surface area contributed by atoms with Crippen LogP contribution in [0.2, 0.25) is 0 Å². The van der Waals surface area contributed by atoms with Crippen LogP contribution in [0.1, 0.15) is 12.8 Å². The molecule has 3 rings (SSSR count). The zero-order valence-corrected chi connectivity index (χ0v) is 19.1. The minimum Gasteiger partial charge on any atom is -0.447 e. The van der Waals surface area contributed by atoms with Gasteiger partial charge >= 0.3 is 6.09 Å². The number of carbonyl (C=O) groups excluding carboxylic acids is 1. The Bertz CT molecular complexity index is 711. The second kappa shape index (κ2) is 11.9. The number of carbonyl (C=O) groups is 1. The molecule has 1 aliphatic carbocycles. The molecule has 16 heteroatoms. The van der Waals surface area contributed by atoms with E-state index < -0.39 is 98.3 Å². The maximum atomic E-state index is 11.1. The van der Waals surface area contributed by atoms with Crippen LogP contribution in [0.3, 0.4) is 0 Å². The molecule has 6 unspecified atom stereocenters. The lowest BCUT2D eigenvalue weighted by Gasteiger charge is -2.47. The van der Waals surface area contributed by atoms with E-state index in [1.165, 1.54) is 0 Å². The van der Waals surface area contributed by atoms with Gasteiger partial charge in [-0.15, -0.1) is 0 Å². The van der Waals surface area contributed by atoms with Crippen molar-refractivity contribution in [3.8, 4) is 0 Å². The summed E-state index contributed by atoms with van der Waals surface area (Å²) in [4.78, 5) is 10.9. The molecule has 2 aliphatic heterocycles. The Morgan fingerprint density at radius 3 is 1.94 bits per heavy atom. The van der Waals surface area contributed by atoms with Gasteiger partial charge < -0.3 is 78.5 Å². The summed E-state index contributed by atoms with van der Waals surface area (Å²) in [6.45, 7) is -0.412. The first-order valence-electron chi connectivity index (χ1n) is 11.4. The van der Waals surface area contributed by atoms with Gasteiger partial charge in [0.25, 0.3) is 0 Å². The Hall–Kier alpha value is -1.25. The number of primary amides is 1. The lowest BCUT2D eigenvalue weighted by atomic mass is 9.84. The van der Waals surface area contributed by atoms with E-state index in [2.05, 4.69) is 4.74 Å². The molecule has 3 fully saturated rings. The predicted octanol–water partition coefficient (Wildman–Crippen LogP) is -6.19. The van der Waals surface area contributed by atoms with E-state index in [1.807, 2.05) is 0 Å². The summed E-state index contributed by atoms with van der Waals surface area (Å²) < 4.78 is 27.6. The van der Waals surface area contributed by atoms with Gasteiger partial charge in [-0.2, -0.15) is 0 Å². The summed E-state index contributed by atoms with van der Waals surface area (Å²) in [6.07, 6.45) is -12.5. The lowest BCUT2D eigenvalue weighted by Crippen LogP contribution is -2.68. The molecule has 0 bridgehead atoms. The predicted molar refractivity (Wildman–Crippen MR) is 117 cm³/mol. The summed E-state index contributed by atoms with van der Waals surface area (Å²) in [5.74, 6) is 0. The molecule has 0 radical (unpaired) electrons. The normalized spacial score (nSPS) is 48.9. The third kappa shape index (κ3) is 6.37. The molecule has 16 N–H and O–H groups in total. The van der Waals surface area contributed by atoms with Gasteiger partial charge in [0, 0.05) is 18.6 Å². The fourth-order valence-corrected chi connectivity index (χ4v) is 4.58. The molecule has 2 heterocycles.